The molecule has 0 aromatic carbocycles. The molecule has 2 aliphatic rings. The molecular weight excluding hydrogens is 222 g/mol. The fourth-order valence-electron chi connectivity index (χ4n) is 3.62. The third-order valence-corrected chi connectivity index (χ3v) is 5.12. The van der Waals surface area contributed by atoms with Gasteiger partial charge in [0, 0.05) is 18.6 Å². The molecule has 106 valence electrons. The number of rotatable bonds is 5. The quantitative estimate of drug-likeness (QED) is 0.783. The van der Waals surface area contributed by atoms with Crippen LogP contribution in [0, 0.1) is 5.92 Å². The SMILES string of the molecule is CCC1(N2CCCC(CCNC)CCC2)CNC1. The summed E-state index contributed by atoms with van der Waals surface area (Å²) in [6, 6.07) is 0. The number of nitrogens with zero attached hydrogens (tertiary/aromatic N) is 1. The molecule has 0 spiro atoms. The van der Waals surface area contributed by atoms with Crippen LogP contribution in [0.5, 0.6) is 0 Å². The molecule has 0 amide bonds. The lowest BCUT2D eigenvalue weighted by Crippen LogP contribution is -2.68. The smallest absolute Gasteiger partial charge is 0.0455 e. The van der Waals surface area contributed by atoms with Crippen molar-refractivity contribution < 1.29 is 0 Å². The van der Waals surface area contributed by atoms with Gasteiger partial charge in [-0.1, -0.05) is 6.92 Å². The van der Waals surface area contributed by atoms with Gasteiger partial charge in [-0.25, -0.2) is 0 Å². The summed E-state index contributed by atoms with van der Waals surface area (Å²) in [5.41, 5.74) is 0.512. The van der Waals surface area contributed by atoms with Crippen molar-refractivity contribution in [3.63, 3.8) is 0 Å². The third-order valence-electron chi connectivity index (χ3n) is 5.12. The van der Waals surface area contributed by atoms with Gasteiger partial charge in [-0.15, -0.1) is 0 Å². The Morgan fingerprint density at radius 1 is 1.22 bits per heavy atom. The van der Waals surface area contributed by atoms with Crippen LogP contribution in [0.4, 0.5) is 0 Å². The van der Waals surface area contributed by atoms with Crippen molar-refractivity contribution in [1.82, 2.24) is 15.5 Å². The van der Waals surface area contributed by atoms with E-state index >= 15 is 0 Å². The molecule has 2 N–H and O–H groups in total. The van der Waals surface area contributed by atoms with E-state index in [-0.39, 0.29) is 0 Å². The first-order chi connectivity index (χ1) is 8.80. The van der Waals surface area contributed by atoms with Gasteiger partial charge in [0.15, 0.2) is 0 Å². The maximum absolute atomic E-state index is 3.47. The van der Waals surface area contributed by atoms with Crippen LogP contribution < -0.4 is 10.6 Å². The zero-order valence-electron chi connectivity index (χ0n) is 12.3. The van der Waals surface area contributed by atoms with Gasteiger partial charge in [-0.2, -0.15) is 0 Å². The second-order valence-corrected chi connectivity index (χ2v) is 6.21. The molecule has 0 saturated carbocycles. The maximum atomic E-state index is 3.47. The van der Waals surface area contributed by atoms with Gasteiger partial charge >= 0.3 is 0 Å². The van der Waals surface area contributed by atoms with Crippen LogP contribution >= 0.6 is 0 Å². The Hall–Kier alpha value is -0.120. The topological polar surface area (TPSA) is 27.3 Å². The predicted octanol–water partition coefficient (Wildman–Crippen LogP) is 1.84. The third kappa shape index (κ3) is 3.25. The summed E-state index contributed by atoms with van der Waals surface area (Å²) < 4.78 is 0. The highest BCUT2D eigenvalue weighted by Crippen LogP contribution is 2.29. The normalized spacial score (nSPS) is 26.3. The minimum absolute atomic E-state index is 0.512. The molecule has 2 saturated heterocycles. The summed E-state index contributed by atoms with van der Waals surface area (Å²) in [7, 11) is 2.07. The zero-order chi connectivity index (χ0) is 12.8. The highest BCUT2D eigenvalue weighted by atomic mass is 15.3. The molecule has 0 aromatic heterocycles. The van der Waals surface area contributed by atoms with E-state index in [1.807, 2.05) is 0 Å². The van der Waals surface area contributed by atoms with Gasteiger partial charge in [0.2, 0.25) is 0 Å². The van der Waals surface area contributed by atoms with Gasteiger partial charge in [-0.3, -0.25) is 4.90 Å². The van der Waals surface area contributed by atoms with Crippen molar-refractivity contribution >= 4 is 0 Å². The average Bonchev–Trinajstić information content (AvgIpc) is 2.29. The Morgan fingerprint density at radius 3 is 2.33 bits per heavy atom. The minimum Gasteiger partial charge on any atom is -0.320 e. The van der Waals surface area contributed by atoms with Crippen molar-refractivity contribution in [2.24, 2.45) is 5.92 Å². The number of hydrogen-bond acceptors (Lipinski definition) is 3. The van der Waals surface area contributed by atoms with Gasteiger partial charge in [0.05, 0.1) is 0 Å². The first-order valence-corrected chi connectivity index (χ1v) is 7.91. The summed E-state index contributed by atoms with van der Waals surface area (Å²) in [6.07, 6.45) is 8.35. The minimum atomic E-state index is 0.512. The van der Waals surface area contributed by atoms with E-state index in [1.54, 1.807) is 0 Å². The molecule has 18 heavy (non-hydrogen) atoms. The highest BCUT2D eigenvalue weighted by molar-refractivity contribution is 5.01. The number of hydrogen-bond donors (Lipinski definition) is 2. The van der Waals surface area contributed by atoms with Crippen LogP contribution in [0.3, 0.4) is 0 Å². The van der Waals surface area contributed by atoms with Gasteiger partial charge in [-0.05, 0) is 71.1 Å². The molecule has 0 bridgehead atoms. The molecule has 2 fully saturated rings. The average molecular weight is 253 g/mol. The summed E-state index contributed by atoms with van der Waals surface area (Å²) in [4.78, 5) is 2.79. The van der Waals surface area contributed by atoms with Crippen LogP contribution in [0.15, 0.2) is 0 Å². The Labute approximate surface area is 113 Å². The van der Waals surface area contributed by atoms with Crippen LogP contribution in [0.25, 0.3) is 0 Å². The lowest BCUT2D eigenvalue weighted by molar-refractivity contribution is 0.0236. The fraction of sp³-hybridized carbons (Fsp3) is 1.00. The molecule has 0 unspecified atom stereocenters. The van der Waals surface area contributed by atoms with E-state index in [9.17, 15) is 0 Å². The molecule has 0 aliphatic carbocycles. The largest absolute Gasteiger partial charge is 0.320 e. The number of likely N-dealkylation sites (tertiary alicyclic amines) is 1. The lowest BCUT2D eigenvalue weighted by Gasteiger charge is -2.51. The Morgan fingerprint density at radius 2 is 1.89 bits per heavy atom. The van der Waals surface area contributed by atoms with Crippen LogP contribution in [0.1, 0.15) is 45.4 Å². The maximum Gasteiger partial charge on any atom is 0.0455 e. The lowest BCUT2D eigenvalue weighted by atomic mass is 9.84. The van der Waals surface area contributed by atoms with E-state index in [1.165, 1.54) is 71.2 Å². The number of nitrogens with one attached hydrogen (secondary N) is 2. The van der Waals surface area contributed by atoms with Gasteiger partial charge in [0.25, 0.3) is 0 Å². The molecule has 3 nitrogen and oxygen atoms in total. The van der Waals surface area contributed by atoms with Crippen LogP contribution in [0.2, 0.25) is 0 Å². The first kappa shape index (κ1) is 14.3. The van der Waals surface area contributed by atoms with Crippen molar-refractivity contribution in [2.75, 3.05) is 39.8 Å². The van der Waals surface area contributed by atoms with E-state index in [4.69, 9.17) is 0 Å². The first-order valence-electron chi connectivity index (χ1n) is 7.91. The second kappa shape index (κ2) is 6.88. The predicted molar refractivity (Wildman–Crippen MR) is 78.0 cm³/mol. The Kier molecular flexibility index (Phi) is 5.46. The van der Waals surface area contributed by atoms with E-state index in [0.717, 1.165) is 5.92 Å². The standard InChI is InChI=1S/C15H31N3/c1-3-15(12-17-13-15)18-10-4-6-14(7-5-11-18)8-9-16-2/h14,16-17H,3-13H2,1-2H3. The van der Waals surface area contributed by atoms with Crippen molar-refractivity contribution in [3.8, 4) is 0 Å². The Bertz CT molecular complexity index is 222. The van der Waals surface area contributed by atoms with Crippen molar-refractivity contribution in [3.05, 3.63) is 0 Å². The van der Waals surface area contributed by atoms with E-state index < -0.39 is 0 Å². The van der Waals surface area contributed by atoms with Crippen LogP contribution in [-0.2, 0) is 0 Å². The zero-order valence-corrected chi connectivity index (χ0v) is 12.3. The second-order valence-electron chi connectivity index (χ2n) is 6.21. The summed E-state index contributed by atoms with van der Waals surface area (Å²) in [6.45, 7) is 8.63. The molecule has 0 aromatic rings. The molecular formula is C15H31N3. The van der Waals surface area contributed by atoms with Gasteiger partial charge in [0.1, 0.15) is 0 Å². The molecule has 2 heterocycles. The summed E-state index contributed by atoms with van der Waals surface area (Å²) in [5, 5.41) is 6.77. The molecule has 2 aliphatic heterocycles. The summed E-state index contributed by atoms with van der Waals surface area (Å²) in [5.74, 6) is 0.969. The highest BCUT2D eigenvalue weighted by Gasteiger charge is 2.40. The fourth-order valence-corrected chi connectivity index (χ4v) is 3.62. The van der Waals surface area contributed by atoms with Gasteiger partial charge < -0.3 is 10.6 Å². The van der Waals surface area contributed by atoms with Crippen LogP contribution in [-0.4, -0.2) is 50.2 Å². The molecule has 0 radical (unpaired) electrons. The Balaban J connectivity index is 1.78. The summed E-state index contributed by atoms with van der Waals surface area (Å²) >= 11 is 0. The van der Waals surface area contributed by atoms with Crippen molar-refractivity contribution in [1.29, 1.82) is 0 Å². The van der Waals surface area contributed by atoms with E-state index in [0.29, 0.717) is 5.54 Å². The monoisotopic (exact) mass is 253 g/mol. The molecule has 0 atom stereocenters. The molecule has 2 rings (SSSR count). The molecule has 3 heteroatoms. The van der Waals surface area contributed by atoms with Crippen molar-refractivity contribution in [2.45, 2.75) is 51.0 Å². The van der Waals surface area contributed by atoms with E-state index in [2.05, 4.69) is 29.5 Å².